The van der Waals surface area contributed by atoms with Crippen LogP contribution in [0.4, 0.5) is 0 Å². The highest BCUT2D eigenvalue weighted by atomic mass is 16.1. The van der Waals surface area contributed by atoms with Gasteiger partial charge in [0.15, 0.2) is 0 Å². The maximum absolute atomic E-state index is 12.3. The molecule has 2 heterocycles. The number of aromatic nitrogens is 2. The van der Waals surface area contributed by atoms with E-state index in [0.29, 0.717) is 12.1 Å². The molecule has 0 aliphatic rings. The summed E-state index contributed by atoms with van der Waals surface area (Å²) in [5, 5.41) is 2.94. The van der Waals surface area contributed by atoms with Gasteiger partial charge in [0.25, 0.3) is 5.91 Å². The summed E-state index contributed by atoms with van der Waals surface area (Å²) in [6, 6.07) is 23.3. The van der Waals surface area contributed by atoms with Crippen molar-refractivity contribution >= 4 is 11.6 Å². The average Bonchev–Trinajstić information content (AvgIpc) is 3.11. The fourth-order valence-corrected chi connectivity index (χ4v) is 2.75. The first kappa shape index (κ1) is 15.1. The Kier molecular flexibility index (Phi) is 4.01. The van der Waals surface area contributed by atoms with E-state index < -0.39 is 0 Å². The molecular formula is C21H17N3O. The van der Waals surface area contributed by atoms with Crippen molar-refractivity contribution in [2.45, 2.75) is 6.54 Å². The van der Waals surface area contributed by atoms with Gasteiger partial charge in [0.05, 0.1) is 5.69 Å². The number of nitrogens with one attached hydrogen (secondary N) is 1. The van der Waals surface area contributed by atoms with Gasteiger partial charge in [-0.3, -0.25) is 4.79 Å². The zero-order chi connectivity index (χ0) is 17.1. The van der Waals surface area contributed by atoms with Gasteiger partial charge in [-0.2, -0.15) is 0 Å². The Hall–Kier alpha value is -3.40. The summed E-state index contributed by atoms with van der Waals surface area (Å²) in [6.07, 6.45) is 3.96. The van der Waals surface area contributed by atoms with Crippen molar-refractivity contribution in [3.63, 3.8) is 0 Å². The van der Waals surface area contributed by atoms with Crippen LogP contribution >= 0.6 is 0 Å². The molecule has 0 atom stereocenters. The van der Waals surface area contributed by atoms with E-state index in [2.05, 4.69) is 10.3 Å². The van der Waals surface area contributed by atoms with E-state index in [1.165, 1.54) is 0 Å². The lowest BCUT2D eigenvalue weighted by Crippen LogP contribution is -2.22. The second-order valence-electron chi connectivity index (χ2n) is 5.84. The molecule has 4 nitrogen and oxygen atoms in total. The molecule has 2 aromatic heterocycles. The number of pyridine rings is 1. The molecule has 1 N–H and O–H groups in total. The molecule has 0 spiro atoms. The molecule has 0 aliphatic heterocycles. The second-order valence-corrected chi connectivity index (χ2v) is 5.84. The van der Waals surface area contributed by atoms with Crippen LogP contribution in [0.25, 0.3) is 16.9 Å². The summed E-state index contributed by atoms with van der Waals surface area (Å²) in [4.78, 5) is 16.9. The average molecular weight is 327 g/mol. The van der Waals surface area contributed by atoms with Crippen molar-refractivity contribution in [1.82, 2.24) is 14.7 Å². The summed E-state index contributed by atoms with van der Waals surface area (Å²) in [6.45, 7) is 0.522. The number of rotatable bonds is 4. The van der Waals surface area contributed by atoms with Gasteiger partial charge in [-0.05, 0) is 29.8 Å². The first-order valence-electron chi connectivity index (χ1n) is 8.16. The van der Waals surface area contributed by atoms with Crippen molar-refractivity contribution in [2.75, 3.05) is 0 Å². The first-order valence-corrected chi connectivity index (χ1v) is 8.16. The Balaban J connectivity index is 1.48. The fourth-order valence-electron chi connectivity index (χ4n) is 2.75. The number of fused-ring (bicyclic) bond motifs is 1. The summed E-state index contributed by atoms with van der Waals surface area (Å²) < 4.78 is 1.98. The van der Waals surface area contributed by atoms with E-state index in [0.717, 1.165) is 22.5 Å². The van der Waals surface area contributed by atoms with Crippen molar-refractivity contribution in [2.24, 2.45) is 0 Å². The van der Waals surface area contributed by atoms with Gasteiger partial charge >= 0.3 is 0 Å². The number of nitrogens with zero attached hydrogens (tertiary/aromatic N) is 2. The lowest BCUT2D eigenvalue weighted by atomic mass is 10.1. The smallest absolute Gasteiger partial charge is 0.251 e. The Morgan fingerprint density at radius 1 is 0.920 bits per heavy atom. The molecule has 0 fully saturated rings. The predicted octanol–water partition coefficient (Wildman–Crippen LogP) is 3.93. The van der Waals surface area contributed by atoms with Gasteiger partial charge in [-0.1, -0.05) is 48.5 Å². The number of amides is 1. The summed E-state index contributed by atoms with van der Waals surface area (Å²) >= 11 is 0. The molecule has 0 saturated carbocycles. The van der Waals surface area contributed by atoms with Crippen molar-refractivity contribution in [3.8, 4) is 11.3 Å². The fraction of sp³-hybridized carbons (Fsp3) is 0.0476. The highest BCUT2D eigenvalue weighted by Gasteiger charge is 2.08. The minimum atomic E-state index is -0.0783. The third-order valence-electron chi connectivity index (χ3n) is 4.10. The van der Waals surface area contributed by atoms with Gasteiger partial charge in [-0.25, -0.2) is 4.98 Å². The molecule has 0 radical (unpaired) electrons. The third kappa shape index (κ3) is 3.28. The molecule has 122 valence electrons. The number of imidazole rings is 1. The van der Waals surface area contributed by atoms with Crippen molar-refractivity contribution in [3.05, 3.63) is 96.3 Å². The lowest BCUT2D eigenvalue weighted by molar-refractivity contribution is 0.0951. The highest BCUT2D eigenvalue weighted by molar-refractivity contribution is 5.94. The van der Waals surface area contributed by atoms with E-state index in [1.807, 2.05) is 89.6 Å². The summed E-state index contributed by atoms with van der Waals surface area (Å²) in [5.74, 6) is -0.0783. The standard InChI is InChI=1S/C21H17N3O/c25-21(22-14-16-6-2-1-3-7-16)18-11-9-17(10-12-18)19-15-24-13-5-4-8-20(24)23-19/h1-13,15H,14H2,(H,22,25). The second kappa shape index (κ2) is 6.61. The first-order chi connectivity index (χ1) is 12.3. The van der Waals surface area contributed by atoms with Crippen LogP contribution in [0, 0.1) is 0 Å². The van der Waals surface area contributed by atoms with Crippen molar-refractivity contribution < 1.29 is 4.79 Å². The number of carbonyl (C=O) groups is 1. The maximum Gasteiger partial charge on any atom is 0.251 e. The monoisotopic (exact) mass is 327 g/mol. The minimum Gasteiger partial charge on any atom is -0.348 e. The van der Waals surface area contributed by atoms with Gasteiger partial charge in [-0.15, -0.1) is 0 Å². The van der Waals surface area contributed by atoms with E-state index in [1.54, 1.807) is 0 Å². The number of benzene rings is 2. The topological polar surface area (TPSA) is 46.4 Å². The van der Waals surface area contributed by atoms with E-state index in [-0.39, 0.29) is 5.91 Å². The minimum absolute atomic E-state index is 0.0783. The molecule has 4 aromatic rings. The van der Waals surface area contributed by atoms with Gasteiger partial charge in [0, 0.05) is 30.1 Å². The predicted molar refractivity (Wildman–Crippen MR) is 98.2 cm³/mol. The van der Waals surface area contributed by atoms with Gasteiger partial charge < -0.3 is 9.72 Å². The molecule has 0 aliphatic carbocycles. The normalized spacial score (nSPS) is 10.7. The van der Waals surface area contributed by atoms with Gasteiger partial charge in [0.2, 0.25) is 0 Å². The van der Waals surface area contributed by atoms with Crippen LogP contribution in [0.15, 0.2) is 85.2 Å². The highest BCUT2D eigenvalue weighted by Crippen LogP contribution is 2.19. The molecule has 2 aromatic carbocycles. The molecule has 1 amide bonds. The van der Waals surface area contributed by atoms with Crippen LogP contribution < -0.4 is 5.32 Å². The quantitative estimate of drug-likeness (QED) is 0.617. The van der Waals surface area contributed by atoms with E-state index >= 15 is 0 Å². The molecule has 4 rings (SSSR count). The number of carbonyl (C=O) groups excluding carboxylic acids is 1. The van der Waals surface area contributed by atoms with Gasteiger partial charge in [0.1, 0.15) is 5.65 Å². The third-order valence-corrected chi connectivity index (χ3v) is 4.10. The van der Waals surface area contributed by atoms with Crippen LogP contribution in [-0.4, -0.2) is 15.3 Å². The Bertz CT molecular complexity index is 971. The Labute approximate surface area is 145 Å². The zero-order valence-electron chi connectivity index (χ0n) is 13.6. The van der Waals surface area contributed by atoms with Crippen LogP contribution in [0.1, 0.15) is 15.9 Å². The maximum atomic E-state index is 12.3. The van der Waals surface area contributed by atoms with Crippen molar-refractivity contribution in [1.29, 1.82) is 0 Å². The molecule has 0 unspecified atom stereocenters. The van der Waals surface area contributed by atoms with Crippen LogP contribution in [-0.2, 0) is 6.54 Å². The Morgan fingerprint density at radius 3 is 2.44 bits per heavy atom. The van der Waals surface area contributed by atoms with Crippen LogP contribution in [0.3, 0.4) is 0 Å². The molecule has 0 saturated heterocycles. The zero-order valence-corrected chi connectivity index (χ0v) is 13.6. The molecule has 0 bridgehead atoms. The van der Waals surface area contributed by atoms with Crippen LogP contribution in [0.5, 0.6) is 0 Å². The van der Waals surface area contributed by atoms with E-state index in [9.17, 15) is 4.79 Å². The molecule has 4 heteroatoms. The number of hydrogen-bond donors (Lipinski definition) is 1. The molecule has 25 heavy (non-hydrogen) atoms. The Morgan fingerprint density at radius 2 is 1.68 bits per heavy atom. The summed E-state index contributed by atoms with van der Waals surface area (Å²) in [5.41, 5.74) is 4.51. The SMILES string of the molecule is O=C(NCc1ccccc1)c1ccc(-c2cn3ccccc3n2)cc1. The molecular weight excluding hydrogens is 310 g/mol. The largest absolute Gasteiger partial charge is 0.348 e. The van der Waals surface area contributed by atoms with E-state index in [4.69, 9.17) is 0 Å². The lowest BCUT2D eigenvalue weighted by Gasteiger charge is -2.06. The summed E-state index contributed by atoms with van der Waals surface area (Å²) in [7, 11) is 0. The van der Waals surface area contributed by atoms with Crippen LogP contribution in [0.2, 0.25) is 0 Å². The number of hydrogen-bond acceptors (Lipinski definition) is 2.